The SMILES string of the molecule is CO[C@H]1OC(COC(=O)c2ccccc2)[C@@H](F)[C@H]1O. The Morgan fingerprint density at radius 2 is 2.11 bits per heavy atom. The van der Waals surface area contributed by atoms with E-state index in [2.05, 4.69) is 0 Å². The van der Waals surface area contributed by atoms with Crippen LogP contribution < -0.4 is 0 Å². The molecule has 5 nitrogen and oxygen atoms in total. The third-order valence-electron chi connectivity index (χ3n) is 2.89. The lowest BCUT2D eigenvalue weighted by Gasteiger charge is -2.13. The summed E-state index contributed by atoms with van der Waals surface area (Å²) in [5.41, 5.74) is 0.375. The lowest BCUT2D eigenvalue weighted by molar-refractivity contribution is -0.153. The normalized spacial score (nSPS) is 30.3. The van der Waals surface area contributed by atoms with Crippen LogP contribution >= 0.6 is 0 Å². The van der Waals surface area contributed by atoms with Crippen molar-refractivity contribution >= 4 is 5.97 Å². The number of rotatable bonds is 4. The van der Waals surface area contributed by atoms with Gasteiger partial charge in [-0.1, -0.05) is 18.2 Å². The first-order valence-electron chi connectivity index (χ1n) is 5.86. The molecule has 1 saturated heterocycles. The molecule has 0 spiro atoms. The number of ether oxygens (including phenoxy) is 3. The molecule has 1 aliphatic heterocycles. The second kappa shape index (κ2) is 6.10. The summed E-state index contributed by atoms with van der Waals surface area (Å²) in [7, 11) is 1.30. The van der Waals surface area contributed by atoms with Gasteiger partial charge in [-0.05, 0) is 12.1 Å². The molecule has 1 aromatic rings. The number of methoxy groups -OCH3 is 1. The zero-order valence-electron chi connectivity index (χ0n) is 10.4. The molecule has 1 aliphatic rings. The third kappa shape index (κ3) is 3.09. The number of aliphatic hydroxyl groups is 1. The van der Waals surface area contributed by atoms with Crippen LogP contribution in [-0.4, -0.2) is 49.5 Å². The summed E-state index contributed by atoms with van der Waals surface area (Å²) in [6.07, 6.45) is -5.07. The average molecular weight is 270 g/mol. The van der Waals surface area contributed by atoms with Crippen molar-refractivity contribution in [1.29, 1.82) is 0 Å². The number of esters is 1. The molecule has 104 valence electrons. The fourth-order valence-electron chi connectivity index (χ4n) is 1.84. The van der Waals surface area contributed by atoms with E-state index in [1.54, 1.807) is 30.3 Å². The molecule has 2 rings (SSSR count). The largest absolute Gasteiger partial charge is 0.459 e. The van der Waals surface area contributed by atoms with Crippen LogP contribution in [0.3, 0.4) is 0 Å². The zero-order chi connectivity index (χ0) is 13.8. The van der Waals surface area contributed by atoms with E-state index in [-0.39, 0.29) is 6.61 Å². The first kappa shape index (κ1) is 13.9. The molecule has 0 aliphatic carbocycles. The van der Waals surface area contributed by atoms with Crippen LogP contribution in [0.2, 0.25) is 0 Å². The topological polar surface area (TPSA) is 65.0 Å². The van der Waals surface area contributed by atoms with Crippen LogP contribution in [0.1, 0.15) is 10.4 Å². The van der Waals surface area contributed by atoms with Crippen LogP contribution in [0.5, 0.6) is 0 Å². The molecule has 6 heteroatoms. The monoisotopic (exact) mass is 270 g/mol. The van der Waals surface area contributed by atoms with Crippen molar-refractivity contribution in [3.05, 3.63) is 35.9 Å². The first-order valence-corrected chi connectivity index (χ1v) is 5.86. The van der Waals surface area contributed by atoms with Crippen molar-refractivity contribution in [2.24, 2.45) is 0 Å². The lowest BCUT2D eigenvalue weighted by atomic mass is 10.2. The standard InChI is InChI=1S/C13H15FO5/c1-17-13-11(15)10(14)9(19-13)7-18-12(16)8-5-3-2-4-6-8/h2-6,9-11,13,15H,7H2,1H3/t9?,10-,11-,13+/m1/s1. The maximum atomic E-state index is 13.6. The summed E-state index contributed by atoms with van der Waals surface area (Å²) in [6.45, 7) is -0.272. The Labute approximate surface area is 109 Å². The van der Waals surface area contributed by atoms with E-state index < -0.39 is 30.6 Å². The number of benzene rings is 1. The Balaban J connectivity index is 1.88. The molecule has 1 N–H and O–H groups in total. The van der Waals surface area contributed by atoms with E-state index in [1.165, 1.54) is 7.11 Å². The molecule has 0 saturated carbocycles. The fourth-order valence-corrected chi connectivity index (χ4v) is 1.84. The molecule has 0 radical (unpaired) electrons. The van der Waals surface area contributed by atoms with Gasteiger partial charge in [0.1, 0.15) is 18.8 Å². The van der Waals surface area contributed by atoms with E-state index in [4.69, 9.17) is 14.2 Å². The molecular weight excluding hydrogens is 255 g/mol. The van der Waals surface area contributed by atoms with Gasteiger partial charge in [-0.2, -0.15) is 0 Å². The summed E-state index contributed by atoms with van der Waals surface area (Å²) in [5.74, 6) is -0.563. The minimum Gasteiger partial charge on any atom is -0.459 e. The molecular formula is C13H15FO5. The molecule has 1 heterocycles. The van der Waals surface area contributed by atoms with Gasteiger partial charge in [0.05, 0.1) is 5.56 Å². The van der Waals surface area contributed by atoms with Crippen LogP contribution in [-0.2, 0) is 14.2 Å². The highest BCUT2D eigenvalue weighted by atomic mass is 19.1. The van der Waals surface area contributed by atoms with E-state index in [0.29, 0.717) is 5.56 Å². The van der Waals surface area contributed by atoms with Gasteiger partial charge in [0, 0.05) is 7.11 Å². The second-order valence-corrected chi connectivity index (χ2v) is 4.18. The van der Waals surface area contributed by atoms with Crippen LogP contribution in [0.4, 0.5) is 4.39 Å². The maximum absolute atomic E-state index is 13.6. The molecule has 1 fully saturated rings. The van der Waals surface area contributed by atoms with Crippen molar-refractivity contribution in [2.75, 3.05) is 13.7 Å². The second-order valence-electron chi connectivity index (χ2n) is 4.18. The maximum Gasteiger partial charge on any atom is 0.338 e. The van der Waals surface area contributed by atoms with Crippen molar-refractivity contribution in [2.45, 2.75) is 24.7 Å². The van der Waals surface area contributed by atoms with Gasteiger partial charge in [-0.15, -0.1) is 0 Å². The molecule has 1 unspecified atom stereocenters. The lowest BCUT2D eigenvalue weighted by Crippen LogP contribution is -2.31. The molecule has 1 aromatic carbocycles. The van der Waals surface area contributed by atoms with Crippen LogP contribution in [0.15, 0.2) is 30.3 Å². The van der Waals surface area contributed by atoms with Crippen molar-refractivity contribution in [3.63, 3.8) is 0 Å². The van der Waals surface area contributed by atoms with Gasteiger partial charge in [-0.3, -0.25) is 0 Å². The fraction of sp³-hybridized carbons (Fsp3) is 0.462. The summed E-state index contributed by atoms with van der Waals surface area (Å²) >= 11 is 0. The van der Waals surface area contributed by atoms with Gasteiger partial charge in [0.25, 0.3) is 0 Å². The number of halogens is 1. The highest BCUT2D eigenvalue weighted by Gasteiger charge is 2.45. The number of carbonyl (C=O) groups excluding carboxylic acids is 1. The molecule has 0 bridgehead atoms. The highest BCUT2D eigenvalue weighted by molar-refractivity contribution is 5.89. The molecule has 19 heavy (non-hydrogen) atoms. The Morgan fingerprint density at radius 3 is 2.68 bits per heavy atom. The summed E-state index contributed by atoms with van der Waals surface area (Å²) < 4.78 is 28.4. The Morgan fingerprint density at radius 1 is 1.42 bits per heavy atom. The minimum atomic E-state index is -1.64. The third-order valence-corrected chi connectivity index (χ3v) is 2.89. The first-order chi connectivity index (χ1) is 9.13. The predicted molar refractivity (Wildman–Crippen MR) is 63.3 cm³/mol. The number of aliphatic hydroxyl groups excluding tert-OH is 1. The number of carbonyl (C=O) groups is 1. The van der Waals surface area contributed by atoms with E-state index in [1.807, 2.05) is 0 Å². The minimum absolute atomic E-state index is 0.272. The Hall–Kier alpha value is -1.50. The summed E-state index contributed by atoms with van der Waals surface area (Å²) in [6, 6.07) is 8.36. The van der Waals surface area contributed by atoms with Crippen molar-refractivity contribution in [3.8, 4) is 0 Å². The van der Waals surface area contributed by atoms with Crippen LogP contribution in [0, 0.1) is 0 Å². The van der Waals surface area contributed by atoms with Crippen molar-refractivity contribution < 1.29 is 28.5 Å². The van der Waals surface area contributed by atoms with Gasteiger partial charge >= 0.3 is 5.97 Å². The Bertz CT molecular complexity index is 424. The van der Waals surface area contributed by atoms with E-state index in [9.17, 15) is 14.3 Å². The molecule has 4 atom stereocenters. The highest BCUT2D eigenvalue weighted by Crippen LogP contribution is 2.24. The smallest absolute Gasteiger partial charge is 0.338 e. The average Bonchev–Trinajstić information content (AvgIpc) is 2.73. The Kier molecular flexibility index (Phi) is 4.47. The number of hydrogen-bond acceptors (Lipinski definition) is 5. The number of hydrogen-bond donors (Lipinski definition) is 1. The van der Waals surface area contributed by atoms with Gasteiger partial charge in [0.15, 0.2) is 12.5 Å². The summed E-state index contributed by atoms with van der Waals surface area (Å²) in [4.78, 5) is 11.6. The molecule has 0 aromatic heterocycles. The van der Waals surface area contributed by atoms with Gasteiger partial charge < -0.3 is 19.3 Å². The van der Waals surface area contributed by atoms with E-state index in [0.717, 1.165) is 0 Å². The quantitative estimate of drug-likeness (QED) is 0.824. The van der Waals surface area contributed by atoms with Crippen LogP contribution in [0.25, 0.3) is 0 Å². The van der Waals surface area contributed by atoms with Gasteiger partial charge in [-0.25, -0.2) is 9.18 Å². The molecule has 0 amide bonds. The van der Waals surface area contributed by atoms with E-state index >= 15 is 0 Å². The predicted octanol–water partition coefficient (Wildman–Crippen LogP) is 0.914. The van der Waals surface area contributed by atoms with Gasteiger partial charge in [0.2, 0.25) is 0 Å². The summed E-state index contributed by atoms with van der Waals surface area (Å²) in [5, 5.41) is 9.44. The zero-order valence-corrected chi connectivity index (χ0v) is 10.4. The number of alkyl halides is 1. The van der Waals surface area contributed by atoms with Crippen molar-refractivity contribution in [1.82, 2.24) is 0 Å².